The highest BCUT2D eigenvalue weighted by atomic mass is 35.5. The van der Waals surface area contributed by atoms with Gasteiger partial charge in [-0.05, 0) is 66.4 Å². The fourth-order valence-corrected chi connectivity index (χ4v) is 4.07. The van der Waals surface area contributed by atoms with Crippen molar-refractivity contribution in [3.8, 4) is 11.5 Å². The van der Waals surface area contributed by atoms with Gasteiger partial charge in [-0.1, -0.05) is 41.9 Å². The molecule has 0 amide bonds. The quantitative estimate of drug-likeness (QED) is 0.272. The third kappa shape index (κ3) is 6.73. The van der Waals surface area contributed by atoms with Gasteiger partial charge in [0.15, 0.2) is 0 Å². The van der Waals surface area contributed by atoms with E-state index in [9.17, 15) is 8.42 Å². The maximum atomic E-state index is 12.5. The van der Waals surface area contributed by atoms with Crippen molar-refractivity contribution in [3.05, 3.63) is 88.9 Å². The molecule has 0 heterocycles. The number of aryl methyl sites for hydroxylation is 1. The number of halogens is 1. The van der Waals surface area contributed by atoms with Crippen LogP contribution in [0.4, 0.5) is 0 Å². The lowest BCUT2D eigenvalue weighted by Crippen LogP contribution is -2.19. The first-order valence-corrected chi connectivity index (χ1v) is 11.5. The molecule has 0 spiro atoms. The number of ether oxygens (including phenoxy) is 2. The second-order valence-corrected chi connectivity index (χ2v) is 8.72. The Hall–Kier alpha value is -3.03. The Balaban J connectivity index is 1.52. The standard InChI is InChI=1S/C23H23ClN2O4S/c1-29-22-14-11-20(24)16-23(22)31(27,28)26-25-17-19-9-12-21(13-10-19)30-15-5-8-18-6-3-2-4-7-18/h2-4,6-7,9-14,16-17,26H,5,8,15H2,1H3/b25-17+. The maximum Gasteiger partial charge on any atom is 0.280 e. The zero-order valence-corrected chi connectivity index (χ0v) is 18.6. The number of benzene rings is 3. The molecule has 3 aromatic rings. The number of nitrogens with zero attached hydrogens (tertiary/aromatic N) is 1. The minimum atomic E-state index is -3.92. The van der Waals surface area contributed by atoms with E-state index in [2.05, 4.69) is 22.1 Å². The van der Waals surface area contributed by atoms with Crippen LogP contribution in [0, 0.1) is 0 Å². The first kappa shape index (κ1) is 22.7. The molecular weight excluding hydrogens is 436 g/mol. The van der Waals surface area contributed by atoms with Gasteiger partial charge in [0.1, 0.15) is 16.4 Å². The first-order chi connectivity index (χ1) is 15.0. The molecule has 6 nitrogen and oxygen atoms in total. The van der Waals surface area contributed by atoms with Crippen LogP contribution in [0.25, 0.3) is 0 Å². The highest BCUT2D eigenvalue weighted by molar-refractivity contribution is 7.89. The molecule has 0 aromatic heterocycles. The number of sulfonamides is 1. The molecule has 1 N–H and O–H groups in total. The van der Waals surface area contributed by atoms with Crippen LogP contribution < -0.4 is 14.3 Å². The second-order valence-electron chi connectivity index (χ2n) is 6.65. The van der Waals surface area contributed by atoms with E-state index in [1.54, 1.807) is 18.2 Å². The molecule has 0 unspecified atom stereocenters. The topological polar surface area (TPSA) is 77.0 Å². The highest BCUT2D eigenvalue weighted by Gasteiger charge is 2.19. The van der Waals surface area contributed by atoms with Gasteiger partial charge in [-0.2, -0.15) is 18.4 Å². The lowest BCUT2D eigenvalue weighted by Gasteiger charge is -2.09. The van der Waals surface area contributed by atoms with E-state index < -0.39 is 10.0 Å². The van der Waals surface area contributed by atoms with Gasteiger partial charge in [-0.15, -0.1) is 0 Å². The SMILES string of the molecule is COc1ccc(Cl)cc1S(=O)(=O)N/N=C/c1ccc(OCCCc2ccccc2)cc1. The number of hydrogen-bond acceptors (Lipinski definition) is 5. The van der Waals surface area contributed by atoms with Crippen molar-refractivity contribution in [2.75, 3.05) is 13.7 Å². The molecule has 0 atom stereocenters. The summed E-state index contributed by atoms with van der Waals surface area (Å²) in [7, 11) is -2.54. The van der Waals surface area contributed by atoms with Gasteiger partial charge in [0, 0.05) is 5.02 Å². The van der Waals surface area contributed by atoms with E-state index >= 15 is 0 Å². The van der Waals surface area contributed by atoms with Crippen LogP contribution in [-0.2, 0) is 16.4 Å². The van der Waals surface area contributed by atoms with Gasteiger partial charge < -0.3 is 9.47 Å². The minimum absolute atomic E-state index is 0.0844. The number of rotatable bonds is 10. The molecule has 3 rings (SSSR count). The Morgan fingerprint density at radius 3 is 2.48 bits per heavy atom. The van der Waals surface area contributed by atoms with E-state index in [1.807, 2.05) is 30.3 Å². The van der Waals surface area contributed by atoms with Gasteiger partial charge in [0.2, 0.25) is 0 Å². The first-order valence-electron chi connectivity index (χ1n) is 9.63. The van der Waals surface area contributed by atoms with E-state index in [4.69, 9.17) is 21.1 Å². The van der Waals surface area contributed by atoms with Crippen LogP contribution in [0.3, 0.4) is 0 Å². The molecule has 0 fully saturated rings. The zero-order chi connectivity index (χ0) is 22.1. The summed E-state index contributed by atoms with van der Waals surface area (Å²) in [5, 5.41) is 4.11. The second kappa shape index (κ2) is 10.8. The molecular formula is C23H23ClN2O4S. The summed E-state index contributed by atoms with van der Waals surface area (Å²) in [6.07, 6.45) is 3.29. The number of nitrogens with one attached hydrogen (secondary N) is 1. The fraction of sp³-hybridized carbons (Fsp3) is 0.174. The molecule has 0 aliphatic rings. The Kier molecular flexibility index (Phi) is 7.92. The van der Waals surface area contributed by atoms with Gasteiger partial charge in [-0.3, -0.25) is 0 Å². The smallest absolute Gasteiger partial charge is 0.280 e. The maximum absolute atomic E-state index is 12.5. The van der Waals surface area contributed by atoms with Crippen LogP contribution >= 0.6 is 11.6 Å². The van der Waals surface area contributed by atoms with Crippen molar-refractivity contribution in [3.63, 3.8) is 0 Å². The van der Waals surface area contributed by atoms with Crippen molar-refractivity contribution in [2.24, 2.45) is 5.10 Å². The molecule has 0 saturated heterocycles. The summed E-state index contributed by atoms with van der Waals surface area (Å²) in [4.78, 5) is 2.09. The fourth-order valence-electron chi connectivity index (χ4n) is 2.84. The number of methoxy groups -OCH3 is 1. The third-order valence-electron chi connectivity index (χ3n) is 4.40. The van der Waals surface area contributed by atoms with Crippen molar-refractivity contribution in [2.45, 2.75) is 17.7 Å². The lowest BCUT2D eigenvalue weighted by atomic mass is 10.1. The molecule has 3 aromatic carbocycles. The van der Waals surface area contributed by atoms with Crippen LogP contribution in [-0.4, -0.2) is 28.3 Å². The normalized spacial score (nSPS) is 11.4. The molecule has 0 aliphatic heterocycles. The average molecular weight is 459 g/mol. The summed E-state index contributed by atoms with van der Waals surface area (Å²) in [5.41, 5.74) is 2.01. The van der Waals surface area contributed by atoms with Crippen molar-refractivity contribution in [1.29, 1.82) is 0 Å². The Morgan fingerprint density at radius 2 is 1.77 bits per heavy atom. The summed E-state index contributed by atoms with van der Waals surface area (Å²) in [5.74, 6) is 0.926. The minimum Gasteiger partial charge on any atom is -0.495 e. The number of hydrazone groups is 1. The van der Waals surface area contributed by atoms with Crippen molar-refractivity contribution < 1.29 is 17.9 Å². The monoisotopic (exact) mass is 458 g/mol. The summed E-state index contributed by atoms with van der Waals surface area (Å²) >= 11 is 5.90. The largest absolute Gasteiger partial charge is 0.495 e. The zero-order valence-electron chi connectivity index (χ0n) is 17.0. The molecule has 0 aliphatic carbocycles. The van der Waals surface area contributed by atoms with Crippen LogP contribution in [0.1, 0.15) is 17.5 Å². The van der Waals surface area contributed by atoms with Gasteiger partial charge in [-0.25, -0.2) is 0 Å². The highest BCUT2D eigenvalue weighted by Crippen LogP contribution is 2.26. The van der Waals surface area contributed by atoms with Crippen LogP contribution in [0.15, 0.2) is 82.8 Å². The predicted octanol–water partition coefficient (Wildman–Crippen LogP) is 4.67. The summed E-state index contributed by atoms with van der Waals surface area (Å²) in [6, 6.07) is 21.8. The summed E-state index contributed by atoms with van der Waals surface area (Å²) in [6.45, 7) is 0.615. The Bertz CT molecular complexity index is 1120. The van der Waals surface area contributed by atoms with Crippen LogP contribution in [0.5, 0.6) is 11.5 Å². The Labute approximate surface area is 187 Å². The van der Waals surface area contributed by atoms with E-state index in [1.165, 1.54) is 31.0 Å². The number of hydrogen-bond donors (Lipinski definition) is 1. The Morgan fingerprint density at radius 1 is 1.03 bits per heavy atom. The van der Waals surface area contributed by atoms with E-state index in [0.717, 1.165) is 24.2 Å². The van der Waals surface area contributed by atoms with Gasteiger partial charge in [0.05, 0.1) is 19.9 Å². The molecule has 8 heteroatoms. The third-order valence-corrected chi connectivity index (χ3v) is 5.88. The van der Waals surface area contributed by atoms with E-state index in [0.29, 0.717) is 6.61 Å². The van der Waals surface area contributed by atoms with Gasteiger partial charge in [0.25, 0.3) is 10.0 Å². The molecule has 162 valence electrons. The lowest BCUT2D eigenvalue weighted by molar-refractivity contribution is 0.311. The molecule has 0 saturated carbocycles. The molecule has 31 heavy (non-hydrogen) atoms. The van der Waals surface area contributed by atoms with Crippen molar-refractivity contribution >= 4 is 27.8 Å². The van der Waals surface area contributed by atoms with E-state index in [-0.39, 0.29) is 15.7 Å². The van der Waals surface area contributed by atoms with Crippen LogP contribution in [0.2, 0.25) is 5.02 Å². The van der Waals surface area contributed by atoms with Crippen molar-refractivity contribution in [1.82, 2.24) is 4.83 Å². The molecule has 0 radical (unpaired) electrons. The molecule has 0 bridgehead atoms. The predicted molar refractivity (Wildman–Crippen MR) is 123 cm³/mol. The summed E-state index contributed by atoms with van der Waals surface area (Å²) < 4.78 is 35.8. The average Bonchev–Trinajstić information content (AvgIpc) is 2.78. The van der Waals surface area contributed by atoms with Gasteiger partial charge >= 0.3 is 0 Å².